The second-order valence-electron chi connectivity index (χ2n) is 5.20. The number of sulfone groups is 1. The zero-order valence-corrected chi connectivity index (χ0v) is 14.7. The lowest BCUT2D eigenvalue weighted by Crippen LogP contribution is -2.39. The highest BCUT2D eigenvalue weighted by Gasteiger charge is 2.19. The first kappa shape index (κ1) is 18.5. The van der Waals surface area contributed by atoms with E-state index in [1.54, 1.807) is 0 Å². The molecule has 23 heavy (non-hydrogen) atoms. The van der Waals surface area contributed by atoms with Crippen molar-refractivity contribution in [3.8, 4) is 0 Å². The number of ether oxygens (including phenoxy) is 1. The third kappa shape index (κ3) is 5.61. The van der Waals surface area contributed by atoms with E-state index in [-0.39, 0.29) is 33.5 Å². The van der Waals surface area contributed by atoms with Gasteiger partial charge in [0.05, 0.1) is 22.6 Å². The van der Waals surface area contributed by atoms with Crippen LogP contribution in [0.15, 0.2) is 23.1 Å². The molecule has 1 aliphatic heterocycles. The first-order valence-electron chi connectivity index (χ1n) is 7.15. The summed E-state index contributed by atoms with van der Waals surface area (Å²) in [6.07, 6.45) is 1.97. The van der Waals surface area contributed by atoms with Crippen molar-refractivity contribution in [2.75, 3.05) is 25.6 Å². The molecular formula is C14H18Cl2N2O4S. The summed E-state index contributed by atoms with van der Waals surface area (Å²) in [5.74, 6) is -0.687. The molecule has 0 aromatic heterocycles. The molecule has 0 radical (unpaired) electrons. The Morgan fingerprint density at radius 1 is 1.35 bits per heavy atom. The summed E-state index contributed by atoms with van der Waals surface area (Å²) in [5, 5.41) is 5.68. The van der Waals surface area contributed by atoms with E-state index in [2.05, 4.69) is 10.6 Å². The van der Waals surface area contributed by atoms with Crippen LogP contribution in [0.4, 0.5) is 0 Å². The maximum absolute atomic E-state index is 12.2. The number of benzene rings is 1. The Morgan fingerprint density at radius 3 is 2.83 bits per heavy atom. The monoisotopic (exact) mass is 380 g/mol. The Labute approximate surface area is 145 Å². The van der Waals surface area contributed by atoms with E-state index in [9.17, 15) is 13.2 Å². The van der Waals surface area contributed by atoms with Gasteiger partial charge in [-0.15, -0.1) is 0 Å². The molecule has 128 valence electrons. The summed E-state index contributed by atoms with van der Waals surface area (Å²) in [7, 11) is -3.67. The number of carbonyl (C=O) groups excluding carboxylic acids is 1. The van der Waals surface area contributed by atoms with Crippen LogP contribution < -0.4 is 10.6 Å². The van der Waals surface area contributed by atoms with Crippen molar-refractivity contribution in [3.05, 3.63) is 28.2 Å². The van der Waals surface area contributed by atoms with Gasteiger partial charge in [0.15, 0.2) is 9.84 Å². The van der Waals surface area contributed by atoms with E-state index in [0.717, 1.165) is 19.4 Å². The first-order chi connectivity index (χ1) is 10.9. The molecule has 0 saturated carbocycles. The average Bonchev–Trinajstić information content (AvgIpc) is 3.00. The highest BCUT2D eigenvalue weighted by molar-refractivity contribution is 7.91. The minimum absolute atomic E-state index is 0.0490. The second kappa shape index (κ2) is 8.30. The number of amides is 1. The third-order valence-corrected chi connectivity index (χ3v) is 5.63. The number of halogens is 2. The van der Waals surface area contributed by atoms with Gasteiger partial charge in [-0.2, -0.15) is 0 Å². The van der Waals surface area contributed by atoms with Gasteiger partial charge in [0.2, 0.25) is 5.91 Å². The molecule has 1 heterocycles. The maximum Gasteiger partial charge on any atom is 0.234 e. The van der Waals surface area contributed by atoms with Gasteiger partial charge in [-0.1, -0.05) is 23.2 Å². The Kier molecular flexibility index (Phi) is 6.67. The minimum atomic E-state index is -3.67. The quantitative estimate of drug-likeness (QED) is 0.750. The van der Waals surface area contributed by atoms with Gasteiger partial charge in [-0.05, 0) is 31.0 Å². The fourth-order valence-electron chi connectivity index (χ4n) is 2.19. The number of hydrogen-bond donors (Lipinski definition) is 2. The van der Waals surface area contributed by atoms with Crippen molar-refractivity contribution in [1.29, 1.82) is 0 Å². The van der Waals surface area contributed by atoms with E-state index in [0.29, 0.717) is 6.54 Å². The van der Waals surface area contributed by atoms with Gasteiger partial charge in [-0.25, -0.2) is 8.42 Å². The van der Waals surface area contributed by atoms with E-state index in [1.807, 2.05) is 0 Å². The van der Waals surface area contributed by atoms with E-state index < -0.39 is 15.7 Å². The molecule has 0 spiro atoms. The second-order valence-corrected chi connectivity index (χ2v) is 8.00. The van der Waals surface area contributed by atoms with Crippen LogP contribution in [0.1, 0.15) is 12.8 Å². The minimum Gasteiger partial charge on any atom is -0.376 e. The molecule has 1 fully saturated rings. The molecule has 1 amide bonds. The van der Waals surface area contributed by atoms with E-state index >= 15 is 0 Å². The highest BCUT2D eigenvalue weighted by Crippen LogP contribution is 2.25. The lowest BCUT2D eigenvalue weighted by molar-refractivity contribution is -0.120. The van der Waals surface area contributed by atoms with Crippen molar-refractivity contribution >= 4 is 38.9 Å². The van der Waals surface area contributed by atoms with Gasteiger partial charge >= 0.3 is 0 Å². The molecule has 2 rings (SSSR count). The molecule has 1 aromatic carbocycles. The fraction of sp³-hybridized carbons (Fsp3) is 0.500. The Morgan fingerprint density at radius 2 is 2.13 bits per heavy atom. The van der Waals surface area contributed by atoms with Crippen molar-refractivity contribution in [1.82, 2.24) is 10.6 Å². The van der Waals surface area contributed by atoms with E-state index in [4.69, 9.17) is 27.9 Å². The lowest BCUT2D eigenvalue weighted by atomic mass is 10.2. The molecule has 1 saturated heterocycles. The smallest absolute Gasteiger partial charge is 0.234 e. The third-order valence-electron chi connectivity index (χ3n) is 3.36. The lowest BCUT2D eigenvalue weighted by Gasteiger charge is -2.11. The van der Waals surface area contributed by atoms with Crippen LogP contribution in [-0.4, -0.2) is 46.0 Å². The van der Waals surface area contributed by atoms with Gasteiger partial charge in [0.25, 0.3) is 0 Å². The molecular weight excluding hydrogens is 363 g/mol. The van der Waals surface area contributed by atoms with Gasteiger partial charge in [-0.3, -0.25) is 10.1 Å². The summed E-state index contributed by atoms with van der Waals surface area (Å²) < 4.78 is 29.8. The number of rotatable bonds is 7. The van der Waals surface area contributed by atoms with Crippen LogP contribution in [0.2, 0.25) is 10.0 Å². The average molecular weight is 381 g/mol. The van der Waals surface area contributed by atoms with Crippen LogP contribution in [-0.2, 0) is 19.4 Å². The topological polar surface area (TPSA) is 84.5 Å². The van der Waals surface area contributed by atoms with Crippen LogP contribution in [0.3, 0.4) is 0 Å². The molecule has 1 unspecified atom stereocenters. The molecule has 9 heteroatoms. The van der Waals surface area contributed by atoms with Crippen molar-refractivity contribution in [2.45, 2.75) is 23.8 Å². The van der Waals surface area contributed by atoms with Crippen LogP contribution >= 0.6 is 23.2 Å². The van der Waals surface area contributed by atoms with Gasteiger partial charge in [0.1, 0.15) is 5.88 Å². The number of carbonyl (C=O) groups is 1. The van der Waals surface area contributed by atoms with Crippen molar-refractivity contribution in [2.24, 2.45) is 0 Å². The zero-order valence-electron chi connectivity index (χ0n) is 12.3. The molecule has 1 atom stereocenters. The standard InChI is InChI=1S/C14H18Cl2N2O4S/c15-10-3-4-12(16)13(6-10)23(20,21)9-17-8-14(19)18-7-11-2-1-5-22-11/h3-4,6,11,17H,1-2,5,7-9H2,(H,18,19). The Balaban J connectivity index is 1.80. The largest absolute Gasteiger partial charge is 0.376 e. The maximum atomic E-state index is 12.2. The van der Waals surface area contributed by atoms with Crippen molar-refractivity contribution < 1.29 is 17.9 Å². The molecule has 1 aliphatic rings. The summed E-state index contributed by atoms with van der Waals surface area (Å²) in [6.45, 7) is 1.05. The number of nitrogens with one attached hydrogen (secondary N) is 2. The van der Waals surface area contributed by atoms with E-state index in [1.165, 1.54) is 18.2 Å². The SMILES string of the molecule is O=C(CNCS(=O)(=O)c1cc(Cl)ccc1Cl)NCC1CCCO1. The first-order valence-corrected chi connectivity index (χ1v) is 9.56. The van der Waals surface area contributed by atoms with Crippen LogP contribution in [0.25, 0.3) is 0 Å². The molecule has 0 bridgehead atoms. The zero-order chi connectivity index (χ0) is 16.9. The molecule has 2 N–H and O–H groups in total. The Hall–Kier alpha value is -0.860. The van der Waals surface area contributed by atoms with Crippen LogP contribution in [0.5, 0.6) is 0 Å². The fourth-order valence-corrected chi connectivity index (χ4v) is 4.09. The van der Waals surface area contributed by atoms with Gasteiger partial charge < -0.3 is 10.1 Å². The summed E-state index contributed by atoms with van der Waals surface area (Å²) in [4.78, 5) is 11.6. The van der Waals surface area contributed by atoms with Gasteiger partial charge in [0, 0.05) is 18.2 Å². The predicted octanol–water partition coefficient (Wildman–Crippen LogP) is 1.61. The summed E-state index contributed by atoms with van der Waals surface area (Å²) >= 11 is 11.7. The predicted molar refractivity (Wildman–Crippen MR) is 88.5 cm³/mol. The normalized spacial score (nSPS) is 18.1. The van der Waals surface area contributed by atoms with Crippen molar-refractivity contribution in [3.63, 3.8) is 0 Å². The number of hydrogen-bond acceptors (Lipinski definition) is 5. The molecule has 6 nitrogen and oxygen atoms in total. The molecule has 1 aromatic rings. The summed E-state index contributed by atoms with van der Waals surface area (Å²) in [5.41, 5.74) is 0. The highest BCUT2D eigenvalue weighted by atomic mass is 35.5. The Bertz CT molecular complexity index is 661. The summed E-state index contributed by atoms with van der Waals surface area (Å²) in [6, 6.07) is 4.22. The molecule has 0 aliphatic carbocycles. The van der Waals surface area contributed by atoms with Crippen LogP contribution in [0, 0.1) is 0 Å².